The largest absolute Gasteiger partial charge is 0.321 e. The van der Waals surface area contributed by atoms with E-state index in [1.807, 2.05) is 55.5 Å². The number of nitrogens with one attached hydrogen (secondary N) is 2. The molecule has 2 N–H and O–H groups in total. The van der Waals surface area contributed by atoms with Gasteiger partial charge in [0.2, 0.25) is 0 Å². The Kier molecular flexibility index (Phi) is 4.66. The van der Waals surface area contributed by atoms with E-state index < -0.39 is 0 Å². The number of H-pyrrole nitrogens is 1. The Labute approximate surface area is 180 Å². The van der Waals surface area contributed by atoms with Crippen LogP contribution >= 0.6 is 15.9 Å². The number of hydrogen-bond acceptors (Lipinski definition) is 5. The first-order valence-electron chi connectivity index (χ1n) is 9.61. The van der Waals surface area contributed by atoms with E-state index in [0.29, 0.717) is 23.1 Å². The van der Waals surface area contributed by atoms with Gasteiger partial charge in [-0.05, 0) is 62.2 Å². The van der Waals surface area contributed by atoms with Crippen molar-refractivity contribution in [3.8, 4) is 17.1 Å². The summed E-state index contributed by atoms with van der Waals surface area (Å²) in [5.74, 6) is 1.84. The Morgan fingerprint density at radius 3 is 2.73 bits per heavy atom. The smallest absolute Gasteiger partial charge is 0.278 e. The average Bonchev–Trinajstić information content (AvgIpc) is 3.34. The number of carbonyl (C=O) groups excluding carboxylic acids is 1. The standard InChI is InChI=1S/C21H18BrN7O/c1-12-18(25-28-29(12)17-4-2-3-15(22)11-17)21(30)23-16-9-7-14(8-10-16)20-24-19(26-27-20)13-5-6-13/h2-4,7-11,13H,5-6H2,1H3,(H,23,30)(H,24,26,27). The molecule has 0 atom stereocenters. The zero-order valence-electron chi connectivity index (χ0n) is 16.1. The average molecular weight is 464 g/mol. The number of amides is 1. The van der Waals surface area contributed by atoms with E-state index in [1.165, 1.54) is 12.8 Å². The Hall–Kier alpha value is -3.33. The highest BCUT2D eigenvalue weighted by Gasteiger charge is 2.27. The lowest BCUT2D eigenvalue weighted by atomic mass is 10.2. The number of carbonyl (C=O) groups is 1. The highest BCUT2D eigenvalue weighted by molar-refractivity contribution is 9.10. The fourth-order valence-corrected chi connectivity index (χ4v) is 3.61. The molecular formula is C21H18BrN7O. The molecule has 2 aromatic heterocycles. The first-order valence-corrected chi connectivity index (χ1v) is 10.4. The molecule has 1 amide bonds. The fourth-order valence-electron chi connectivity index (χ4n) is 3.23. The summed E-state index contributed by atoms with van der Waals surface area (Å²) in [4.78, 5) is 17.3. The molecule has 0 unspecified atom stereocenters. The summed E-state index contributed by atoms with van der Waals surface area (Å²) in [6.45, 7) is 1.82. The van der Waals surface area contributed by atoms with Crippen LogP contribution in [0.1, 0.15) is 40.8 Å². The second-order valence-electron chi connectivity index (χ2n) is 7.27. The first kappa shape index (κ1) is 18.7. The van der Waals surface area contributed by atoms with E-state index in [1.54, 1.807) is 4.68 Å². The zero-order chi connectivity index (χ0) is 20.7. The molecule has 0 radical (unpaired) electrons. The molecule has 0 bridgehead atoms. The Morgan fingerprint density at radius 2 is 2.00 bits per heavy atom. The molecule has 5 rings (SSSR count). The van der Waals surface area contributed by atoms with Gasteiger partial charge in [0.05, 0.1) is 11.4 Å². The van der Waals surface area contributed by atoms with Gasteiger partial charge >= 0.3 is 0 Å². The summed E-state index contributed by atoms with van der Waals surface area (Å²) in [6.07, 6.45) is 2.34. The van der Waals surface area contributed by atoms with Gasteiger partial charge in [0.1, 0.15) is 5.82 Å². The van der Waals surface area contributed by atoms with Crippen LogP contribution in [-0.4, -0.2) is 36.1 Å². The minimum absolute atomic E-state index is 0.280. The Morgan fingerprint density at radius 1 is 1.20 bits per heavy atom. The maximum Gasteiger partial charge on any atom is 0.278 e. The van der Waals surface area contributed by atoms with E-state index in [9.17, 15) is 4.79 Å². The number of aromatic amines is 1. The Balaban J connectivity index is 1.31. The lowest BCUT2D eigenvalue weighted by molar-refractivity contribution is 0.102. The number of hydrogen-bond donors (Lipinski definition) is 2. The van der Waals surface area contributed by atoms with Crippen molar-refractivity contribution in [3.63, 3.8) is 0 Å². The molecule has 1 fully saturated rings. The molecule has 1 aliphatic rings. The van der Waals surface area contributed by atoms with Crippen molar-refractivity contribution in [1.82, 2.24) is 30.2 Å². The molecular weight excluding hydrogens is 446 g/mol. The molecule has 0 spiro atoms. The van der Waals surface area contributed by atoms with Crippen LogP contribution in [0.5, 0.6) is 0 Å². The predicted octanol–water partition coefficient (Wildman–Crippen LogP) is 4.25. The molecule has 1 saturated carbocycles. The summed E-state index contributed by atoms with van der Waals surface area (Å²) in [5, 5.41) is 18.4. The Bertz CT molecular complexity index is 1220. The molecule has 150 valence electrons. The van der Waals surface area contributed by atoms with Gasteiger partial charge in [-0.2, -0.15) is 5.10 Å². The SMILES string of the molecule is Cc1c(C(=O)Nc2ccc(-c3n[nH]c(C4CC4)n3)cc2)nnn1-c1cccc(Br)c1. The molecule has 8 nitrogen and oxygen atoms in total. The molecule has 2 heterocycles. The van der Waals surface area contributed by atoms with Crippen LogP contribution in [0, 0.1) is 6.92 Å². The number of benzene rings is 2. The van der Waals surface area contributed by atoms with Crippen molar-refractivity contribution in [1.29, 1.82) is 0 Å². The lowest BCUT2D eigenvalue weighted by Gasteiger charge is -2.06. The third-order valence-electron chi connectivity index (χ3n) is 5.03. The zero-order valence-corrected chi connectivity index (χ0v) is 17.7. The third-order valence-corrected chi connectivity index (χ3v) is 5.52. The van der Waals surface area contributed by atoms with Crippen molar-refractivity contribution in [2.45, 2.75) is 25.7 Å². The molecule has 9 heteroatoms. The van der Waals surface area contributed by atoms with E-state index in [2.05, 4.69) is 46.7 Å². The van der Waals surface area contributed by atoms with Crippen LogP contribution in [0.25, 0.3) is 17.1 Å². The topological polar surface area (TPSA) is 101 Å². The number of halogens is 1. The second-order valence-corrected chi connectivity index (χ2v) is 8.18. The van der Waals surface area contributed by atoms with Crippen molar-refractivity contribution >= 4 is 27.5 Å². The van der Waals surface area contributed by atoms with Crippen LogP contribution in [0.4, 0.5) is 5.69 Å². The number of nitrogens with zero attached hydrogens (tertiary/aromatic N) is 5. The summed E-state index contributed by atoms with van der Waals surface area (Å²) < 4.78 is 2.57. The summed E-state index contributed by atoms with van der Waals surface area (Å²) >= 11 is 3.45. The molecule has 0 saturated heterocycles. The van der Waals surface area contributed by atoms with E-state index in [4.69, 9.17) is 0 Å². The van der Waals surface area contributed by atoms with Crippen LogP contribution in [0.3, 0.4) is 0 Å². The molecule has 2 aromatic carbocycles. The monoisotopic (exact) mass is 463 g/mol. The summed E-state index contributed by atoms with van der Waals surface area (Å²) in [7, 11) is 0. The van der Waals surface area contributed by atoms with Gasteiger partial charge < -0.3 is 5.32 Å². The van der Waals surface area contributed by atoms with E-state index in [0.717, 1.165) is 21.5 Å². The van der Waals surface area contributed by atoms with Crippen molar-refractivity contribution in [2.24, 2.45) is 0 Å². The maximum atomic E-state index is 12.7. The summed E-state index contributed by atoms with van der Waals surface area (Å²) in [6, 6.07) is 15.1. The fraction of sp³-hybridized carbons (Fsp3) is 0.190. The molecule has 30 heavy (non-hydrogen) atoms. The van der Waals surface area contributed by atoms with E-state index in [-0.39, 0.29) is 11.6 Å². The molecule has 0 aliphatic heterocycles. The van der Waals surface area contributed by atoms with Crippen LogP contribution in [0.15, 0.2) is 53.0 Å². The highest BCUT2D eigenvalue weighted by Crippen LogP contribution is 2.38. The van der Waals surface area contributed by atoms with Crippen LogP contribution in [-0.2, 0) is 0 Å². The maximum absolute atomic E-state index is 12.7. The normalized spacial score (nSPS) is 13.4. The summed E-state index contributed by atoms with van der Waals surface area (Å²) in [5.41, 5.74) is 3.33. The van der Waals surface area contributed by atoms with Gasteiger partial charge in [0.25, 0.3) is 5.91 Å². The molecule has 4 aromatic rings. The highest BCUT2D eigenvalue weighted by atomic mass is 79.9. The predicted molar refractivity (Wildman–Crippen MR) is 116 cm³/mol. The van der Waals surface area contributed by atoms with Gasteiger partial charge in [-0.3, -0.25) is 9.89 Å². The first-order chi connectivity index (χ1) is 14.6. The minimum Gasteiger partial charge on any atom is -0.321 e. The van der Waals surface area contributed by atoms with Gasteiger partial charge in [-0.25, -0.2) is 9.67 Å². The lowest BCUT2D eigenvalue weighted by Crippen LogP contribution is -2.14. The third kappa shape index (κ3) is 3.63. The number of anilines is 1. The van der Waals surface area contributed by atoms with Crippen molar-refractivity contribution in [3.05, 3.63) is 70.2 Å². The van der Waals surface area contributed by atoms with Gasteiger partial charge in [0.15, 0.2) is 11.5 Å². The van der Waals surface area contributed by atoms with Crippen molar-refractivity contribution in [2.75, 3.05) is 5.32 Å². The molecule has 1 aliphatic carbocycles. The second kappa shape index (κ2) is 7.49. The quantitative estimate of drug-likeness (QED) is 0.460. The van der Waals surface area contributed by atoms with Gasteiger partial charge in [-0.15, -0.1) is 5.10 Å². The number of rotatable bonds is 5. The number of aromatic nitrogens is 6. The van der Waals surface area contributed by atoms with Crippen LogP contribution < -0.4 is 5.32 Å². The van der Waals surface area contributed by atoms with E-state index >= 15 is 0 Å². The van der Waals surface area contributed by atoms with Gasteiger partial charge in [-0.1, -0.05) is 27.2 Å². The minimum atomic E-state index is -0.310. The van der Waals surface area contributed by atoms with Crippen molar-refractivity contribution < 1.29 is 4.79 Å². The van der Waals surface area contributed by atoms with Crippen LogP contribution in [0.2, 0.25) is 0 Å². The van der Waals surface area contributed by atoms with Gasteiger partial charge in [0, 0.05) is 21.6 Å².